The van der Waals surface area contributed by atoms with Gasteiger partial charge in [0.15, 0.2) is 15.0 Å². The van der Waals surface area contributed by atoms with Gasteiger partial charge in [0.2, 0.25) is 5.91 Å². The minimum absolute atomic E-state index is 0.0847. The van der Waals surface area contributed by atoms with Crippen LogP contribution in [0.1, 0.15) is 39.9 Å². The summed E-state index contributed by atoms with van der Waals surface area (Å²) < 4.78 is 25.0. The lowest BCUT2D eigenvalue weighted by molar-refractivity contribution is -0.131. The van der Waals surface area contributed by atoms with E-state index in [1.807, 2.05) is 44.2 Å². The van der Waals surface area contributed by atoms with Gasteiger partial charge in [0, 0.05) is 25.6 Å². The molecule has 2 rings (SSSR count). The van der Waals surface area contributed by atoms with Crippen molar-refractivity contribution in [1.29, 1.82) is 0 Å². The molecule has 0 radical (unpaired) electrons. The van der Waals surface area contributed by atoms with Crippen LogP contribution in [0, 0.1) is 5.92 Å². The molecule has 9 heteroatoms. The molecule has 0 bridgehead atoms. The van der Waals surface area contributed by atoms with E-state index in [1.165, 1.54) is 11.8 Å². The number of carbonyl (C=O) groups excluding carboxylic acids is 1. The molecule has 1 aliphatic rings. The average Bonchev–Trinajstić information content (AvgIpc) is 3.00. The summed E-state index contributed by atoms with van der Waals surface area (Å²) in [4.78, 5) is 14.3. The van der Waals surface area contributed by atoms with Crippen molar-refractivity contribution in [1.82, 2.24) is 19.7 Å². The van der Waals surface area contributed by atoms with E-state index in [0.29, 0.717) is 23.8 Å². The molecule has 7 nitrogen and oxygen atoms in total. The van der Waals surface area contributed by atoms with Gasteiger partial charge in [-0.25, -0.2) is 8.42 Å². The second-order valence-corrected chi connectivity index (χ2v) is 10.4. The maximum absolute atomic E-state index is 12.4. The van der Waals surface area contributed by atoms with Crippen molar-refractivity contribution in [2.24, 2.45) is 13.0 Å². The summed E-state index contributed by atoms with van der Waals surface area (Å²) in [6.07, 6.45) is 1.30. The van der Waals surface area contributed by atoms with Gasteiger partial charge in [0.25, 0.3) is 0 Å². The first-order valence-corrected chi connectivity index (χ1v) is 11.4. The summed E-state index contributed by atoms with van der Waals surface area (Å²) in [5, 5.41) is 9.05. The Morgan fingerprint density at radius 3 is 2.44 bits per heavy atom. The number of aromatic nitrogens is 3. The van der Waals surface area contributed by atoms with E-state index in [9.17, 15) is 13.2 Å². The highest BCUT2D eigenvalue weighted by Gasteiger charge is 2.29. The molecule has 0 spiro atoms. The molecule has 1 fully saturated rings. The minimum Gasteiger partial charge on any atom is -0.337 e. The lowest BCUT2D eigenvalue weighted by Gasteiger charge is -2.30. The molecule has 1 aromatic heterocycles. The summed E-state index contributed by atoms with van der Waals surface area (Å²) in [7, 11) is -1.01. The summed E-state index contributed by atoms with van der Waals surface area (Å²) in [6, 6.07) is 0.319. The molecule has 0 aliphatic carbocycles. The van der Waals surface area contributed by atoms with Gasteiger partial charge >= 0.3 is 0 Å². The van der Waals surface area contributed by atoms with Crippen LogP contribution in [-0.4, -0.2) is 63.3 Å². The molecule has 0 unspecified atom stereocenters. The molecule has 0 aromatic carbocycles. The predicted octanol–water partition coefficient (Wildman–Crippen LogP) is 1.53. The first kappa shape index (κ1) is 20.2. The van der Waals surface area contributed by atoms with E-state index in [2.05, 4.69) is 10.2 Å². The molecule has 1 amide bonds. The molecule has 1 atom stereocenters. The Morgan fingerprint density at radius 2 is 1.92 bits per heavy atom. The van der Waals surface area contributed by atoms with Crippen LogP contribution in [0.3, 0.4) is 0 Å². The monoisotopic (exact) mass is 388 g/mol. The van der Waals surface area contributed by atoms with Crippen molar-refractivity contribution >= 4 is 27.5 Å². The Hall–Kier alpha value is -1.09. The van der Waals surface area contributed by atoms with Crippen LogP contribution in [-0.2, 0) is 28.1 Å². The number of hydrogen-bond acceptors (Lipinski definition) is 6. The second-order valence-electron chi connectivity index (χ2n) is 7.21. The van der Waals surface area contributed by atoms with Gasteiger partial charge in [-0.15, -0.1) is 10.2 Å². The smallest absolute Gasteiger partial charge is 0.233 e. The summed E-state index contributed by atoms with van der Waals surface area (Å²) in [5.41, 5.74) is 0. The first-order chi connectivity index (χ1) is 11.6. The van der Waals surface area contributed by atoms with Crippen molar-refractivity contribution in [3.8, 4) is 0 Å². The van der Waals surface area contributed by atoms with E-state index >= 15 is 0 Å². The second kappa shape index (κ2) is 8.07. The highest BCUT2D eigenvalue weighted by atomic mass is 32.2. The SMILES string of the molecule is CC(C)N(C(=O)CSc1nnc(C[C@H]2CCS(=O)(=O)C2)n1C)C(C)C. The first-order valence-electron chi connectivity index (χ1n) is 8.63. The lowest BCUT2D eigenvalue weighted by Crippen LogP contribution is -2.43. The third kappa shape index (κ3) is 5.20. The normalized spacial score (nSPS) is 19.7. The number of rotatable bonds is 7. The van der Waals surface area contributed by atoms with E-state index in [4.69, 9.17) is 0 Å². The van der Waals surface area contributed by atoms with Gasteiger partial charge in [0.05, 0.1) is 17.3 Å². The topological polar surface area (TPSA) is 85.2 Å². The fourth-order valence-electron chi connectivity index (χ4n) is 3.31. The summed E-state index contributed by atoms with van der Waals surface area (Å²) in [6.45, 7) is 8.05. The van der Waals surface area contributed by atoms with Crippen molar-refractivity contribution in [3.05, 3.63) is 5.82 Å². The van der Waals surface area contributed by atoms with Gasteiger partial charge in [-0.3, -0.25) is 4.79 Å². The van der Waals surface area contributed by atoms with Gasteiger partial charge < -0.3 is 9.47 Å². The zero-order chi connectivity index (χ0) is 18.8. The highest BCUT2D eigenvalue weighted by Crippen LogP contribution is 2.24. The number of thioether (sulfide) groups is 1. The van der Waals surface area contributed by atoms with Crippen molar-refractivity contribution < 1.29 is 13.2 Å². The number of amides is 1. The number of nitrogens with zero attached hydrogens (tertiary/aromatic N) is 4. The van der Waals surface area contributed by atoms with Gasteiger partial charge in [-0.05, 0) is 40.0 Å². The molecule has 1 aromatic rings. The molecule has 142 valence electrons. The van der Waals surface area contributed by atoms with E-state index in [0.717, 1.165) is 5.82 Å². The third-order valence-electron chi connectivity index (χ3n) is 4.45. The molecule has 1 saturated heterocycles. The molecule has 1 aliphatic heterocycles. The zero-order valence-electron chi connectivity index (χ0n) is 15.6. The summed E-state index contributed by atoms with van der Waals surface area (Å²) in [5.74, 6) is 1.80. The van der Waals surface area contributed by atoms with Gasteiger partial charge in [-0.1, -0.05) is 11.8 Å². The van der Waals surface area contributed by atoms with Crippen molar-refractivity contribution in [2.45, 2.75) is 57.8 Å². The molecule has 25 heavy (non-hydrogen) atoms. The molecular weight excluding hydrogens is 360 g/mol. The fraction of sp³-hybridized carbons (Fsp3) is 0.812. The van der Waals surface area contributed by atoms with E-state index in [1.54, 1.807) is 0 Å². The van der Waals surface area contributed by atoms with Crippen LogP contribution in [0.4, 0.5) is 0 Å². The third-order valence-corrected chi connectivity index (χ3v) is 7.29. The Bertz CT molecular complexity index is 705. The van der Waals surface area contributed by atoms with Crippen LogP contribution >= 0.6 is 11.8 Å². The Balaban J connectivity index is 1.96. The summed E-state index contributed by atoms with van der Waals surface area (Å²) >= 11 is 1.38. The maximum Gasteiger partial charge on any atom is 0.233 e. The number of sulfone groups is 1. The van der Waals surface area contributed by atoms with Crippen molar-refractivity contribution in [3.63, 3.8) is 0 Å². The van der Waals surface area contributed by atoms with Crippen LogP contribution in [0.2, 0.25) is 0 Å². The Morgan fingerprint density at radius 1 is 1.28 bits per heavy atom. The van der Waals surface area contributed by atoms with E-state index < -0.39 is 9.84 Å². The quantitative estimate of drug-likeness (QED) is 0.659. The van der Waals surface area contributed by atoms with Crippen LogP contribution in [0.5, 0.6) is 0 Å². The Labute approximate surface area is 154 Å². The van der Waals surface area contributed by atoms with Crippen molar-refractivity contribution in [2.75, 3.05) is 17.3 Å². The number of carbonyl (C=O) groups is 1. The van der Waals surface area contributed by atoms with Crippen LogP contribution in [0.15, 0.2) is 5.16 Å². The minimum atomic E-state index is -2.88. The van der Waals surface area contributed by atoms with E-state index in [-0.39, 0.29) is 35.4 Å². The Kier molecular flexibility index (Phi) is 6.53. The van der Waals surface area contributed by atoms with Gasteiger partial charge in [0.1, 0.15) is 5.82 Å². The highest BCUT2D eigenvalue weighted by molar-refractivity contribution is 7.99. The lowest BCUT2D eigenvalue weighted by atomic mass is 10.1. The van der Waals surface area contributed by atoms with Crippen LogP contribution < -0.4 is 0 Å². The van der Waals surface area contributed by atoms with Crippen LogP contribution in [0.25, 0.3) is 0 Å². The average molecular weight is 389 g/mol. The molecule has 0 saturated carbocycles. The fourth-order valence-corrected chi connectivity index (χ4v) is 5.97. The van der Waals surface area contributed by atoms with Gasteiger partial charge in [-0.2, -0.15) is 0 Å². The standard InChI is InChI=1S/C16H28N4O3S2/c1-11(2)20(12(3)4)15(21)9-24-16-18-17-14(19(16)5)8-13-6-7-25(22,23)10-13/h11-13H,6-10H2,1-5H3/t13-/m1/s1. The maximum atomic E-state index is 12.4. The zero-order valence-corrected chi connectivity index (χ0v) is 17.2. The molecule has 0 N–H and O–H groups in total. The molecule has 2 heterocycles. The molecular formula is C16H28N4O3S2. The number of hydrogen-bond donors (Lipinski definition) is 0. The predicted molar refractivity (Wildman–Crippen MR) is 99.3 cm³/mol. The largest absolute Gasteiger partial charge is 0.337 e.